The Labute approximate surface area is 79.3 Å². The Kier molecular flexibility index (Phi) is 2.54. The molecule has 2 atom stereocenters. The molecule has 0 spiro atoms. The van der Waals surface area contributed by atoms with E-state index in [4.69, 9.17) is 0 Å². The van der Waals surface area contributed by atoms with Crippen molar-refractivity contribution in [1.29, 1.82) is 0 Å². The Morgan fingerprint density at radius 1 is 1.38 bits per heavy atom. The van der Waals surface area contributed by atoms with Gasteiger partial charge in [-0.05, 0) is 38.1 Å². The smallest absolute Gasteiger partial charge is 0.237 e. The lowest BCUT2D eigenvalue weighted by Crippen LogP contribution is -2.49. The fraction of sp³-hybridized carbons (Fsp3) is 0.900. The molecule has 2 aliphatic rings. The molecule has 0 aromatic rings. The Balaban J connectivity index is 1.81. The van der Waals surface area contributed by atoms with Crippen LogP contribution in [0.1, 0.15) is 32.6 Å². The van der Waals surface area contributed by atoms with E-state index in [1.165, 1.54) is 19.3 Å². The average molecular weight is 182 g/mol. The van der Waals surface area contributed by atoms with Crippen molar-refractivity contribution < 1.29 is 4.79 Å². The van der Waals surface area contributed by atoms with Gasteiger partial charge in [0.05, 0.1) is 6.04 Å². The molecule has 0 aromatic carbocycles. The van der Waals surface area contributed by atoms with E-state index in [-0.39, 0.29) is 11.9 Å². The molecule has 2 unspecified atom stereocenters. The maximum Gasteiger partial charge on any atom is 0.237 e. The van der Waals surface area contributed by atoms with Crippen LogP contribution in [0.5, 0.6) is 0 Å². The van der Waals surface area contributed by atoms with Gasteiger partial charge in [0.25, 0.3) is 0 Å². The summed E-state index contributed by atoms with van der Waals surface area (Å²) in [7, 11) is 0. The molecular formula is C10H18N2O. The topological polar surface area (TPSA) is 41.1 Å². The summed E-state index contributed by atoms with van der Waals surface area (Å²) in [6.07, 6.45) is 4.75. The molecule has 1 saturated carbocycles. The summed E-state index contributed by atoms with van der Waals surface area (Å²) in [6, 6.07) is 0.544. The molecule has 1 saturated heterocycles. The molecule has 0 aromatic heterocycles. The number of hydrogen-bond acceptors (Lipinski definition) is 2. The first kappa shape index (κ1) is 9.00. The number of rotatable bonds is 2. The van der Waals surface area contributed by atoms with Crippen LogP contribution in [0.2, 0.25) is 0 Å². The molecule has 3 nitrogen and oxygen atoms in total. The molecule has 1 aliphatic carbocycles. The van der Waals surface area contributed by atoms with E-state index >= 15 is 0 Å². The predicted octanol–water partition coefficient (Wildman–Crippen LogP) is 0.653. The molecule has 3 heteroatoms. The molecule has 0 radical (unpaired) electrons. The van der Waals surface area contributed by atoms with E-state index in [0.29, 0.717) is 12.0 Å². The minimum atomic E-state index is 0.0700. The second-order valence-corrected chi connectivity index (χ2v) is 4.33. The molecule has 1 aliphatic heterocycles. The van der Waals surface area contributed by atoms with E-state index in [1.807, 2.05) is 0 Å². The highest BCUT2D eigenvalue weighted by molar-refractivity contribution is 5.82. The Morgan fingerprint density at radius 2 is 2.15 bits per heavy atom. The van der Waals surface area contributed by atoms with Crippen LogP contribution < -0.4 is 10.6 Å². The minimum absolute atomic E-state index is 0.0700. The molecule has 2 N–H and O–H groups in total. The quantitative estimate of drug-likeness (QED) is 0.658. The first-order valence-corrected chi connectivity index (χ1v) is 5.31. The van der Waals surface area contributed by atoms with Crippen LogP contribution >= 0.6 is 0 Å². The van der Waals surface area contributed by atoms with Gasteiger partial charge in [0, 0.05) is 6.04 Å². The van der Waals surface area contributed by atoms with Crippen molar-refractivity contribution in [3.8, 4) is 0 Å². The van der Waals surface area contributed by atoms with E-state index < -0.39 is 0 Å². The van der Waals surface area contributed by atoms with Crippen molar-refractivity contribution in [3.05, 3.63) is 0 Å². The second kappa shape index (κ2) is 3.66. The highest BCUT2D eigenvalue weighted by Crippen LogP contribution is 2.20. The number of nitrogens with one attached hydrogen (secondary N) is 2. The Bertz CT molecular complexity index is 201. The Morgan fingerprint density at radius 3 is 2.62 bits per heavy atom. The second-order valence-electron chi connectivity index (χ2n) is 4.33. The highest BCUT2D eigenvalue weighted by Gasteiger charge is 2.31. The predicted molar refractivity (Wildman–Crippen MR) is 51.4 cm³/mol. The first-order chi connectivity index (χ1) is 6.27. The summed E-state index contributed by atoms with van der Waals surface area (Å²) >= 11 is 0. The fourth-order valence-corrected chi connectivity index (χ4v) is 2.03. The van der Waals surface area contributed by atoms with Gasteiger partial charge in [-0.3, -0.25) is 4.79 Å². The standard InChI is InChI=1S/C10H18N2O/c1-7-5-6-11-9(7)10(13)12-8-3-2-4-8/h7-9,11H,2-6H2,1H3,(H,12,13). The number of amides is 1. The third-order valence-electron chi connectivity index (χ3n) is 3.27. The van der Waals surface area contributed by atoms with Crippen LogP contribution in [0.3, 0.4) is 0 Å². The summed E-state index contributed by atoms with van der Waals surface area (Å²) in [6.45, 7) is 3.13. The van der Waals surface area contributed by atoms with Crippen LogP contribution in [-0.4, -0.2) is 24.5 Å². The first-order valence-electron chi connectivity index (χ1n) is 5.31. The highest BCUT2D eigenvalue weighted by atomic mass is 16.2. The van der Waals surface area contributed by atoms with E-state index in [9.17, 15) is 4.79 Å². The van der Waals surface area contributed by atoms with Gasteiger partial charge < -0.3 is 10.6 Å². The van der Waals surface area contributed by atoms with Gasteiger partial charge in [0.15, 0.2) is 0 Å². The van der Waals surface area contributed by atoms with Gasteiger partial charge in [-0.25, -0.2) is 0 Å². The van der Waals surface area contributed by atoms with E-state index in [0.717, 1.165) is 13.0 Å². The third kappa shape index (κ3) is 1.85. The zero-order chi connectivity index (χ0) is 9.26. The molecule has 13 heavy (non-hydrogen) atoms. The normalized spacial score (nSPS) is 34.2. The molecule has 0 bridgehead atoms. The maximum absolute atomic E-state index is 11.7. The van der Waals surface area contributed by atoms with Crippen LogP contribution in [0.4, 0.5) is 0 Å². The summed E-state index contributed by atoms with van der Waals surface area (Å²) < 4.78 is 0. The van der Waals surface area contributed by atoms with Crippen molar-refractivity contribution in [1.82, 2.24) is 10.6 Å². The SMILES string of the molecule is CC1CCNC1C(=O)NC1CCC1. The van der Waals surface area contributed by atoms with Crippen molar-refractivity contribution in [2.45, 2.75) is 44.7 Å². The molecule has 74 valence electrons. The van der Waals surface area contributed by atoms with Gasteiger partial charge >= 0.3 is 0 Å². The van der Waals surface area contributed by atoms with Crippen LogP contribution in [-0.2, 0) is 4.79 Å². The van der Waals surface area contributed by atoms with Crippen LogP contribution in [0, 0.1) is 5.92 Å². The van der Waals surface area contributed by atoms with Crippen LogP contribution in [0.25, 0.3) is 0 Å². The zero-order valence-electron chi connectivity index (χ0n) is 8.18. The van der Waals surface area contributed by atoms with Crippen molar-refractivity contribution in [2.24, 2.45) is 5.92 Å². The Hall–Kier alpha value is -0.570. The lowest BCUT2D eigenvalue weighted by Gasteiger charge is -2.28. The fourth-order valence-electron chi connectivity index (χ4n) is 2.03. The lowest BCUT2D eigenvalue weighted by atomic mass is 9.92. The molecule has 1 heterocycles. The average Bonchev–Trinajstić information content (AvgIpc) is 2.43. The lowest BCUT2D eigenvalue weighted by molar-refractivity contribution is -0.124. The van der Waals surface area contributed by atoms with Gasteiger partial charge in [-0.1, -0.05) is 6.92 Å². The van der Waals surface area contributed by atoms with Crippen molar-refractivity contribution in [3.63, 3.8) is 0 Å². The van der Waals surface area contributed by atoms with Gasteiger partial charge in [0.1, 0.15) is 0 Å². The number of carbonyl (C=O) groups excluding carboxylic acids is 1. The largest absolute Gasteiger partial charge is 0.352 e. The summed E-state index contributed by atoms with van der Waals surface area (Å²) in [5.74, 6) is 0.717. The summed E-state index contributed by atoms with van der Waals surface area (Å²) in [5.41, 5.74) is 0. The minimum Gasteiger partial charge on any atom is -0.352 e. The zero-order valence-corrected chi connectivity index (χ0v) is 8.18. The molecular weight excluding hydrogens is 164 g/mol. The van der Waals surface area contributed by atoms with Crippen LogP contribution in [0.15, 0.2) is 0 Å². The maximum atomic E-state index is 11.7. The number of hydrogen-bond donors (Lipinski definition) is 2. The monoisotopic (exact) mass is 182 g/mol. The van der Waals surface area contributed by atoms with Gasteiger partial charge in [-0.2, -0.15) is 0 Å². The summed E-state index contributed by atoms with van der Waals surface area (Å²) in [5, 5.41) is 6.33. The molecule has 2 fully saturated rings. The van der Waals surface area contributed by atoms with E-state index in [1.54, 1.807) is 0 Å². The van der Waals surface area contributed by atoms with Crippen molar-refractivity contribution in [2.75, 3.05) is 6.54 Å². The van der Waals surface area contributed by atoms with Gasteiger partial charge in [-0.15, -0.1) is 0 Å². The van der Waals surface area contributed by atoms with Crippen molar-refractivity contribution >= 4 is 5.91 Å². The van der Waals surface area contributed by atoms with E-state index in [2.05, 4.69) is 17.6 Å². The van der Waals surface area contributed by atoms with Gasteiger partial charge in [0.2, 0.25) is 5.91 Å². The summed E-state index contributed by atoms with van der Waals surface area (Å²) in [4.78, 5) is 11.7. The molecule has 2 rings (SSSR count). The number of carbonyl (C=O) groups is 1. The third-order valence-corrected chi connectivity index (χ3v) is 3.27. The molecule has 1 amide bonds.